The smallest absolute Gasteiger partial charge is 0.261 e. The second-order valence-corrected chi connectivity index (χ2v) is 4.35. The Balaban J connectivity index is 1.91. The van der Waals surface area contributed by atoms with Gasteiger partial charge in [-0.05, 0) is 19.1 Å². The van der Waals surface area contributed by atoms with Crippen molar-refractivity contribution in [2.45, 2.75) is 13.5 Å². The Morgan fingerprint density at radius 3 is 2.95 bits per heavy atom. The van der Waals surface area contributed by atoms with E-state index in [0.29, 0.717) is 5.02 Å². The van der Waals surface area contributed by atoms with Crippen LogP contribution in [0.3, 0.4) is 0 Å². The molecule has 0 aliphatic rings. The van der Waals surface area contributed by atoms with Crippen LogP contribution in [-0.4, -0.2) is 21.9 Å². The molecular formula is C13H13ClN4O. The summed E-state index contributed by atoms with van der Waals surface area (Å²) in [6.07, 6.45) is 3.16. The van der Waals surface area contributed by atoms with Crippen molar-refractivity contribution in [3.63, 3.8) is 0 Å². The number of hydrazone groups is 1. The van der Waals surface area contributed by atoms with Gasteiger partial charge in [0.1, 0.15) is 6.54 Å². The molecule has 98 valence electrons. The third-order valence-electron chi connectivity index (χ3n) is 2.52. The number of aromatic nitrogens is 2. The number of nitrogens with one attached hydrogen (secondary N) is 1. The highest BCUT2D eigenvalue weighted by Crippen LogP contribution is 2.11. The van der Waals surface area contributed by atoms with E-state index in [2.05, 4.69) is 15.6 Å². The van der Waals surface area contributed by atoms with Gasteiger partial charge in [0.25, 0.3) is 5.91 Å². The molecule has 1 heterocycles. The number of hydrogen-bond acceptors (Lipinski definition) is 3. The van der Waals surface area contributed by atoms with Crippen molar-refractivity contribution in [3.8, 4) is 0 Å². The number of carbonyl (C=O) groups is 1. The van der Waals surface area contributed by atoms with Gasteiger partial charge in [0, 0.05) is 22.5 Å². The fourth-order valence-electron chi connectivity index (χ4n) is 1.49. The van der Waals surface area contributed by atoms with Crippen LogP contribution >= 0.6 is 11.6 Å². The van der Waals surface area contributed by atoms with Crippen molar-refractivity contribution < 1.29 is 4.79 Å². The maximum absolute atomic E-state index is 11.6. The van der Waals surface area contributed by atoms with Crippen LogP contribution in [-0.2, 0) is 11.3 Å². The Bertz CT molecular complexity index is 606. The van der Waals surface area contributed by atoms with Crippen LogP contribution in [0.4, 0.5) is 0 Å². The maximum atomic E-state index is 11.6. The predicted molar refractivity (Wildman–Crippen MR) is 74.2 cm³/mol. The van der Waals surface area contributed by atoms with Crippen LogP contribution in [0, 0.1) is 6.92 Å². The standard InChI is InChI=1S/C13H13ClN4O/c1-10-6-7-16-18(10)9-13(19)17-15-8-11-4-2-3-5-12(11)14/h2-8H,9H2,1H3,(H,17,19)/b15-8+. The number of benzene rings is 1. The van der Waals surface area contributed by atoms with Gasteiger partial charge in [0.15, 0.2) is 0 Å². The van der Waals surface area contributed by atoms with Gasteiger partial charge in [-0.3, -0.25) is 9.48 Å². The third kappa shape index (κ3) is 3.66. The highest BCUT2D eigenvalue weighted by Gasteiger charge is 2.03. The lowest BCUT2D eigenvalue weighted by Gasteiger charge is -2.02. The lowest BCUT2D eigenvalue weighted by Crippen LogP contribution is -2.24. The molecule has 1 aromatic carbocycles. The van der Waals surface area contributed by atoms with E-state index in [1.54, 1.807) is 16.9 Å². The summed E-state index contributed by atoms with van der Waals surface area (Å²) in [4.78, 5) is 11.6. The fourth-order valence-corrected chi connectivity index (χ4v) is 1.67. The third-order valence-corrected chi connectivity index (χ3v) is 2.86. The molecule has 0 saturated heterocycles. The van der Waals surface area contributed by atoms with E-state index < -0.39 is 0 Å². The SMILES string of the molecule is Cc1ccnn1CC(=O)N/N=C/c1ccccc1Cl. The lowest BCUT2D eigenvalue weighted by atomic mass is 10.2. The molecule has 0 spiro atoms. The molecule has 1 amide bonds. The molecule has 0 unspecified atom stereocenters. The molecular weight excluding hydrogens is 264 g/mol. The molecule has 0 saturated carbocycles. The van der Waals surface area contributed by atoms with E-state index in [9.17, 15) is 4.79 Å². The monoisotopic (exact) mass is 276 g/mol. The zero-order valence-corrected chi connectivity index (χ0v) is 11.1. The number of aryl methyl sites for hydroxylation is 1. The number of nitrogens with zero attached hydrogens (tertiary/aromatic N) is 3. The van der Waals surface area contributed by atoms with Crippen LogP contribution in [0.2, 0.25) is 5.02 Å². The van der Waals surface area contributed by atoms with Gasteiger partial charge in [0.2, 0.25) is 0 Å². The lowest BCUT2D eigenvalue weighted by molar-refractivity contribution is -0.121. The molecule has 5 nitrogen and oxygen atoms in total. The second-order valence-electron chi connectivity index (χ2n) is 3.94. The van der Waals surface area contributed by atoms with Gasteiger partial charge in [0.05, 0.1) is 6.21 Å². The molecule has 0 fully saturated rings. The normalized spacial score (nSPS) is 10.8. The van der Waals surface area contributed by atoms with E-state index in [1.165, 1.54) is 6.21 Å². The molecule has 0 aliphatic carbocycles. The van der Waals surface area contributed by atoms with Crippen LogP contribution < -0.4 is 5.43 Å². The molecule has 0 radical (unpaired) electrons. The van der Waals surface area contributed by atoms with Gasteiger partial charge in [-0.25, -0.2) is 5.43 Å². The molecule has 0 atom stereocenters. The molecule has 1 N–H and O–H groups in total. The van der Waals surface area contributed by atoms with Crippen LogP contribution in [0.25, 0.3) is 0 Å². The van der Waals surface area contributed by atoms with Crippen molar-refractivity contribution in [1.82, 2.24) is 15.2 Å². The minimum absolute atomic E-state index is 0.138. The number of amides is 1. The van der Waals surface area contributed by atoms with Crippen LogP contribution in [0.1, 0.15) is 11.3 Å². The largest absolute Gasteiger partial charge is 0.271 e. The van der Waals surface area contributed by atoms with Gasteiger partial charge >= 0.3 is 0 Å². The van der Waals surface area contributed by atoms with Gasteiger partial charge in [-0.2, -0.15) is 10.2 Å². The predicted octanol–water partition coefficient (Wildman–Crippen LogP) is 2.00. The average molecular weight is 277 g/mol. The Morgan fingerprint density at radius 2 is 2.26 bits per heavy atom. The van der Waals surface area contributed by atoms with Crippen molar-refractivity contribution in [2.24, 2.45) is 5.10 Å². The van der Waals surface area contributed by atoms with E-state index in [0.717, 1.165) is 11.3 Å². The molecule has 0 aliphatic heterocycles. The number of rotatable bonds is 4. The molecule has 6 heteroatoms. The molecule has 2 aromatic rings. The first kappa shape index (κ1) is 13.3. The van der Waals surface area contributed by atoms with Crippen LogP contribution in [0.15, 0.2) is 41.6 Å². The molecule has 19 heavy (non-hydrogen) atoms. The first-order valence-electron chi connectivity index (χ1n) is 5.71. The van der Waals surface area contributed by atoms with Crippen molar-refractivity contribution in [3.05, 3.63) is 52.8 Å². The first-order valence-corrected chi connectivity index (χ1v) is 6.09. The molecule has 0 bridgehead atoms. The van der Waals surface area contributed by atoms with Gasteiger partial charge in [-0.15, -0.1) is 0 Å². The topological polar surface area (TPSA) is 59.3 Å². The molecule has 1 aromatic heterocycles. The zero-order valence-electron chi connectivity index (χ0n) is 10.4. The zero-order chi connectivity index (χ0) is 13.7. The summed E-state index contributed by atoms with van der Waals surface area (Å²) in [6, 6.07) is 9.09. The molecule has 2 rings (SSSR count). The highest BCUT2D eigenvalue weighted by atomic mass is 35.5. The quantitative estimate of drug-likeness (QED) is 0.686. The Kier molecular flexibility index (Phi) is 4.30. The Labute approximate surface area is 115 Å². The van der Waals surface area contributed by atoms with Gasteiger partial charge in [-0.1, -0.05) is 29.8 Å². The summed E-state index contributed by atoms with van der Waals surface area (Å²) in [5, 5.41) is 8.47. The summed E-state index contributed by atoms with van der Waals surface area (Å²) in [7, 11) is 0. The minimum atomic E-state index is -0.241. The summed E-state index contributed by atoms with van der Waals surface area (Å²) in [6.45, 7) is 2.02. The van der Waals surface area contributed by atoms with Gasteiger partial charge < -0.3 is 0 Å². The maximum Gasteiger partial charge on any atom is 0.261 e. The van der Waals surface area contributed by atoms with Crippen molar-refractivity contribution in [1.29, 1.82) is 0 Å². The minimum Gasteiger partial charge on any atom is -0.271 e. The Hall–Kier alpha value is -2.14. The van der Waals surface area contributed by atoms with E-state index in [1.807, 2.05) is 31.2 Å². The number of carbonyl (C=O) groups excluding carboxylic acids is 1. The van der Waals surface area contributed by atoms with Crippen molar-refractivity contribution >= 4 is 23.7 Å². The summed E-state index contributed by atoms with van der Waals surface area (Å²) in [5.41, 5.74) is 4.11. The summed E-state index contributed by atoms with van der Waals surface area (Å²) < 4.78 is 1.60. The fraction of sp³-hybridized carbons (Fsp3) is 0.154. The van der Waals surface area contributed by atoms with Crippen LogP contribution in [0.5, 0.6) is 0 Å². The number of hydrogen-bond donors (Lipinski definition) is 1. The summed E-state index contributed by atoms with van der Waals surface area (Å²) in [5.74, 6) is -0.241. The highest BCUT2D eigenvalue weighted by molar-refractivity contribution is 6.33. The van der Waals surface area contributed by atoms with E-state index in [-0.39, 0.29) is 12.5 Å². The number of halogens is 1. The summed E-state index contributed by atoms with van der Waals surface area (Å²) >= 11 is 5.96. The second kappa shape index (κ2) is 6.15. The van der Waals surface area contributed by atoms with E-state index >= 15 is 0 Å². The Morgan fingerprint density at radius 1 is 1.47 bits per heavy atom. The van der Waals surface area contributed by atoms with E-state index in [4.69, 9.17) is 11.6 Å². The first-order chi connectivity index (χ1) is 9.16. The average Bonchev–Trinajstić information content (AvgIpc) is 2.77. The van der Waals surface area contributed by atoms with Crippen molar-refractivity contribution in [2.75, 3.05) is 0 Å².